The average molecular weight is 312 g/mol. The molecule has 0 unspecified atom stereocenters. The molecule has 0 spiro atoms. The summed E-state index contributed by atoms with van der Waals surface area (Å²) in [5.41, 5.74) is 1.05. The van der Waals surface area contributed by atoms with Crippen molar-refractivity contribution in [3.63, 3.8) is 0 Å². The topological polar surface area (TPSA) is 45.3 Å². The molecule has 2 aromatic rings. The monoisotopic (exact) mass is 312 g/mol. The average Bonchev–Trinajstić information content (AvgIpc) is 2.84. The Kier molecular flexibility index (Phi) is 4.14. The first-order chi connectivity index (χ1) is 10.1. The zero-order chi connectivity index (χ0) is 14.8. The van der Waals surface area contributed by atoms with Gasteiger partial charge < -0.3 is 9.72 Å². The van der Waals surface area contributed by atoms with Crippen LogP contribution in [0.4, 0.5) is 8.78 Å². The summed E-state index contributed by atoms with van der Waals surface area (Å²) in [4.78, 5) is 17.1. The Morgan fingerprint density at radius 1 is 1.24 bits per heavy atom. The summed E-state index contributed by atoms with van der Waals surface area (Å²) in [6.07, 6.45) is 0. The van der Waals surface area contributed by atoms with Gasteiger partial charge in [0.05, 0.1) is 18.9 Å². The highest BCUT2D eigenvalue weighted by Gasteiger charge is 2.17. The van der Waals surface area contributed by atoms with Crippen LogP contribution in [0.5, 0.6) is 0 Å². The largest absolute Gasteiger partial charge is 0.379 e. The predicted octanol–water partition coefficient (Wildman–Crippen LogP) is 2.21. The van der Waals surface area contributed by atoms with Crippen LogP contribution >= 0.6 is 11.3 Å². The fourth-order valence-electron chi connectivity index (χ4n) is 2.32. The van der Waals surface area contributed by atoms with E-state index >= 15 is 0 Å². The Hall–Kier alpha value is -1.57. The Balaban J connectivity index is 1.91. The predicted molar refractivity (Wildman–Crippen MR) is 76.4 cm³/mol. The lowest BCUT2D eigenvalue weighted by atomic mass is 10.1. The molecular formula is C14H14F2N2O2S. The first-order valence-corrected chi connectivity index (χ1v) is 7.42. The number of morpholine rings is 1. The molecule has 1 aliphatic heterocycles. The Morgan fingerprint density at radius 3 is 2.71 bits per heavy atom. The molecular weight excluding hydrogens is 298 g/mol. The van der Waals surface area contributed by atoms with E-state index in [0.717, 1.165) is 41.4 Å². The van der Waals surface area contributed by atoms with Gasteiger partial charge in [-0.1, -0.05) is 11.3 Å². The number of hydrogen-bond acceptors (Lipinski definition) is 4. The quantitative estimate of drug-likeness (QED) is 0.945. The maximum Gasteiger partial charge on any atom is 0.305 e. The standard InChI is InChI=1S/C14H14F2N2O2S/c15-10-2-1-9(7-11(10)16)13-12(21-14(19)17-13)8-18-3-5-20-6-4-18/h1-2,7H,3-6,8H2,(H,17,19). The molecule has 1 aromatic carbocycles. The highest BCUT2D eigenvalue weighted by atomic mass is 32.1. The molecule has 1 aliphatic rings. The van der Waals surface area contributed by atoms with E-state index in [1.807, 2.05) is 0 Å². The fourth-order valence-corrected chi connectivity index (χ4v) is 3.21. The molecule has 3 rings (SSSR count). The van der Waals surface area contributed by atoms with Crippen molar-refractivity contribution in [2.45, 2.75) is 6.54 Å². The van der Waals surface area contributed by atoms with Crippen LogP contribution < -0.4 is 4.87 Å². The summed E-state index contributed by atoms with van der Waals surface area (Å²) >= 11 is 1.10. The number of nitrogens with one attached hydrogen (secondary N) is 1. The van der Waals surface area contributed by atoms with Gasteiger partial charge >= 0.3 is 4.87 Å². The lowest BCUT2D eigenvalue weighted by Gasteiger charge is -2.26. The summed E-state index contributed by atoms with van der Waals surface area (Å²) < 4.78 is 31.7. The van der Waals surface area contributed by atoms with Crippen LogP contribution in [0.3, 0.4) is 0 Å². The van der Waals surface area contributed by atoms with Gasteiger partial charge in [0.15, 0.2) is 11.6 Å². The number of halogens is 2. The van der Waals surface area contributed by atoms with Gasteiger partial charge in [0.2, 0.25) is 0 Å². The smallest absolute Gasteiger partial charge is 0.305 e. The summed E-state index contributed by atoms with van der Waals surface area (Å²) in [7, 11) is 0. The van der Waals surface area contributed by atoms with Crippen LogP contribution in [-0.4, -0.2) is 36.2 Å². The van der Waals surface area contributed by atoms with Gasteiger partial charge in [-0.2, -0.15) is 0 Å². The molecule has 0 aliphatic carbocycles. The normalized spacial score (nSPS) is 16.3. The molecule has 0 amide bonds. The van der Waals surface area contributed by atoms with Crippen molar-refractivity contribution in [2.75, 3.05) is 26.3 Å². The molecule has 2 heterocycles. The van der Waals surface area contributed by atoms with Crippen LogP contribution in [0.15, 0.2) is 23.0 Å². The number of hydrogen-bond donors (Lipinski definition) is 1. The highest BCUT2D eigenvalue weighted by molar-refractivity contribution is 7.09. The molecule has 0 bridgehead atoms. The second kappa shape index (κ2) is 6.05. The Morgan fingerprint density at radius 2 is 2.00 bits per heavy atom. The van der Waals surface area contributed by atoms with Gasteiger partial charge in [-0.3, -0.25) is 9.69 Å². The molecule has 1 aromatic heterocycles. The van der Waals surface area contributed by atoms with E-state index in [9.17, 15) is 13.6 Å². The number of aromatic amines is 1. The van der Waals surface area contributed by atoms with E-state index in [1.165, 1.54) is 6.07 Å². The number of H-pyrrole nitrogens is 1. The summed E-state index contributed by atoms with van der Waals surface area (Å²) in [5, 5.41) is 0. The van der Waals surface area contributed by atoms with Crippen molar-refractivity contribution in [3.05, 3.63) is 44.4 Å². The lowest BCUT2D eigenvalue weighted by Crippen LogP contribution is -2.35. The van der Waals surface area contributed by atoms with Crippen LogP contribution in [0.1, 0.15) is 4.88 Å². The number of thiazole rings is 1. The number of rotatable bonds is 3. The highest BCUT2D eigenvalue weighted by Crippen LogP contribution is 2.26. The van der Waals surface area contributed by atoms with Crippen LogP contribution in [0, 0.1) is 11.6 Å². The number of benzene rings is 1. The summed E-state index contributed by atoms with van der Waals surface area (Å²) in [6, 6.07) is 3.65. The van der Waals surface area contributed by atoms with Gasteiger partial charge in [-0.25, -0.2) is 8.78 Å². The van der Waals surface area contributed by atoms with E-state index in [2.05, 4.69) is 9.88 Å². The van der Waals surface area contributed by atoms with Crippen LogP contribution in [0.2, 0.25) is 0 Å². The van der Waals surface area contributed by atoms with Crippen LogP contribution in [0.25, 0.3) is 11.3 Å². The third kappa shape index (κ3) is 3.20. The third-order valence-electron chi connectivity index (χ3n) is 3.40. The van der Waals surface area contributed by atoms with E-state index in [4.69, 9.17) is 4.74 Å². The van der Waals surface area contributed by atoms with Crippen LogP contribution in [-0.2, 0) is 11.3 Å². The number of ether oxygens (including phenoxy) is 1. The van der Waals surface area contributed by atoms with Gasteiger partial charge in [-0.15, -0.1) is 0 Å². The van der Waals surface area contributed by atoms with Gasteiger partial charge in [0.1, 0.15) is 0 Å². The fraction of sp³-hybridized carbons (Fsp3) is 0.357. The molecule has 0 radical (unpaired) electrons. The lowest BCUT2D eigenvalue weighted by molar-refractivity contribution is 0.0347. The van der Waals surface area contributed by atoms with E-state index in [1.54, 1.807) is 0 Å². The molecule has 4 nitrogen and oxygen atoms in total. The molecule has 21 heavy (non-hydrogen) atoms. The molecule has 1 fully saturated rings. The molecule has 7 heteroatoms. The maximum absolute atomic E-state index is 13.4. The van der Waals surface area contributed by atoms with Crippen molar-refractivity contribution in [2.24, 2.45) is 0 Å². The molecule has 112 valence electrons. The maximum atomic E-state index is 13.4. The first-order valence-electron chi connectivity index (χ1n) is 6.61. The number of aromatic nitrogens is 1. The van der Waals surface area contributed by atoms with Gasteiger partial charge in [0, 0.05) is 30.1 Å². The van der Waals surface area contributed by atoms with E-state index < -0.39 is 11.6 Å². The van der Waals surface area contributed by atoms with Crippen molar-refractivity contribution in [1.82, 2.24) is 9.88 Å². The Labute approximate surface area is 124 Å². The molecule has 1 N–H and O–H groups in total. The molecule has 0 saturated carbocycles. The van der Waals surface area contributed by atoms with Crippen molar-refractivity contribution >= 4 is 11.3 Å². The minimum Gasteiger partial charge on any atom is -0.379 e. The minimum absolute atomic E-state index is 0.196. The SMILES string of the molecule is O=c1[nH]c(-c2ccc(F)c(F)c2)c(CN2CCOCC2)s1. The zero-order valence-electron chi connectivity index (χ0n) is 11.2. The van der Waals surface area contributed by atoms with Crippen molar-refractivity contribution < 1.29 is 13.5 Å². The van der Waals surface area contributed by atoms with Crippen molar-refractivity contribution in [1.29, 1.82) is 0 Å². The molecule has 0 atom stereocenters. The second-order valence-electron chi connectivity index (χ2n) is 4.83. The minimum atomic E-state index is -0.920. The summed E-state index contributed by atoms with van der Waals surface area (Å²) in [5.74, 6) is -1.82. The van der Waals surface area contributed by atoms with Crippen molar-refractivity contribution in [3.8, 4) is 11.3 Å². The van der Waals surface area contributed by atoms with E-state index in [-0.39, 0.29) is 4.87 Å². The summed E-state index contributed by atoms with van der Waals surface area (Å²) in [6.45, 7) is 3.52. The third-order valence-corrected chi connectivity index (χ3v) is 4.27. The van der Waals surface area contributed by atoms with Gasteiger partial charge in [-0.05, 0) is 18.2 Å². The van der Waals surface area contributed by atoms with E-state index in [0.29, 0.717) is 31.0 Å². The molecule has 1 saturated heterocycles. The van der Waals surface area contributed by atoms with Gasteiger partial charge in [0.25, 0.3) is 0 Å². The Bertz CT molecular complexity index is 693. The first kappa shape index (κ1) is 14.4. The second-order valence-corrected chi connectivity index (χ2v) is 5.90. The zero-order valence-corrected chi connectivity index (χ0v) is 12.0. The number of nitrogens with zero attached hydrogens (tertiary/aromatic N) is 1.